The minimum Gasteiger partial charge on any atom is -0.371 e. The predicted molar refractivity (Wildman–Crippen MR) is 172 cm³/mol. The number of aromatic nitrogens is 1. The van der Waals surface area contributed by atoms with Crippen LogP contribution in [0.4, 0.5) is 36.1 Å². The number of piperazine rings is 1. The normalized spacial score (nSPS) is 20.9. The molecule has 13 heteroatoms. The fourth-order valence-corrected chi connectivity index (χ4v) is 7.71. The number of pyridine rings is 1. The molecule has 2 aliphatic heterocycles. The number of halogens is 4. The van der Waals surface area contributed by atoms with E-state index in [1.165, 1.54) is 21.8 Å². The molecule has 2 aliphatic rings. The highest BCUT2D eigenvalue weighted by Gasteiger charge is 2.36. The Bertz CT molecular complexity index is 1710. The van der Waals surface area contributed by atoms with Crippen LogP contribution in [-0.2, 0) is 6.54 Å². The van der Waals surface area contributed by atoms with E-state index in [9.17, 15) is 22.8 Å². The van der Waals surface area contributed by atoms with Crippen molar-refractivity contribution in [3.05, 3.63) is 72.9 Å². The van der Waals surface area contributed by atoms with Crippen molar-refractivity contribution in [3.8, 4) is 0 Å². The topological polar surface area (TPSA) is 80.8 Å². The Morgan fingerprint density at radius 3 is 2.50 bits per heavy atom. The number of nitrogens with one attached hydrogen (secondary N) is 2. The molecular weight excluding hydrogens is 613 g/mol. The largest absolute Gasteiger partial charge is 0.405 e. The van der Waals surface area contributed by atoms with Crippen molar-refractivity contribution in [2.24, 2.45) is 0 Å². The van der Waals surface area contributed by atoms with Gasteiger partial charge >= 0.3 is 6.18 Å². The molecule has 2 aromatic carbocycles. The van der Waals surface area contributed by atoms with Gasteiger partial charge in [-0.15, -0.1) is 11.3 Å². The number of nitrogens with zero attached hydrogens (tertiary/aromatic N) is 4. The van der Waals surface area contributed by atoms with Crippen LogP contribution < -0.4 is 26.4 Å². The molecular formula is C31H34ClF3N6O2S. The molecule has 0 saturated carbocycles. The van der Waals surface area contributed by atoms with Crippen LogP contribution in [0.1, 0.15) is 32.3 Å². The first-order chi connectivity index (χ1) is 21.0. The van der Waals surface area contributed by atoms with Gasteiger partial charge in [0.15, 0.2) is 0 Å². The van der Waals surface area contributed by atoms with Gasteiger partial charge in [0.1, 0.15) is 23.7 Å². The Labute approximate surface area is 262 Å². The lowest BCUT2D eigenvalue weighted by molar-refractivity contribution is -0.115. The van der Waals surface area contributed by atoms with Crippen molar-refractivity contribution in [3.63, 3.8) is 0 Å². The summed E-state index contributed by atoms with van der Waals surface area (Å²) in [5.41, 5.74) is -0.781. The fraction of sp³-hybridized carbons (Fsp3) is 0.452. The van der Waals surface area contributed by atoms with E-state index in [1.54, 1.807) is 6.07 Å². The summed E-state index contributed by atoms with van der Waals surface area (Å²) >= 11 is 8.46. The van der Waals surface area contributed by atoms with Gasteiger partial charge in [-0.3, -0.25) is 19.4 Å². The number of thiophene rings is 1. The van der Waals surface area contributed by atoms with Crippen LogP contribution in [0.2, 0.25) is 5.02 Å². The predicted octanol–water partition coefficient (Wildman–Crippen LogP) is 5.83. The van der Waals surface area contributed by atoms with Gasteiger partial charge in [-0.05, 0) is 68.2 Å². The third-order valence-corrected chi connectivity index (χ3v) is 10.0. The molecule has 2 saturated heterocycles. The minimum absolute atomic E-state index is 0.150. The van der Waals surface area contributed by atoms with Crippen molar-refractivity contribution in [1.29, 1.82) is 0 Å². The van der Waals surface area contributed by atoms with Crippen molar-refractivity contribution in [1.82, 2.24) is 14.8 Å². The van der Waals surface area contributed by atoms with Gasteiger partial charge in [0.25, 0.3) is 10.9 Å². The van der Waals surface area contributed by atoms with Crippen LogP contribution in [0.3, 0.4) is 0 Å². The van der Waals surface area contributed by atoms with E-state index in [1.807, 2.05) is 16.7 Å². The van der Waals surface area contributed by atoms with Gasteiger partial charge < -0.3 is 15.5 Å². The first-order valence-electron chi connectivity index (χ1n) is 14.7. The molecule has 0 radical (unpaired) electrons. The van der Waals surface area contributed by atoms with Crippen molar-refractivity contribution in [2.75, 3.05) is 48.3 Å². The Kier molecular flexibility index (Phi) is 8.62. The minimum atomic E-state index is -4.53. The molecule has 0 amide bonds. The molecule has 0 aliphatic carbocycles. The average Bonchev–Trinajstić information content (AvgIpc) is 3.40. The fourth-order valence-electron chi connectivity index (χ4n) is 6.49. The van der Waals surface area contributed by atoms with Gasteiger partial charge in [0.2, 0.25) is 0 Å². The van der Waals surface area contributed by atoms with Crippen LogP contribution in [0.25, 0.3) is 10.1 Å². The molecule has 2 atom stereocenters. The third-order valence-electron chi connectivity index (χ3n) is 8.75. The zero-order valence-corrected chi connectivity index (χ0v) is 26.0. The van der Waals surface area contributed by atoms with Gasteiger partial charge in [-0.1, -0.05) is 29.8 Å². The second-order valence-electron chi connectivity index (χ2n) is 11.8. The Balaban J connectivity index is 1.05. The molecule has 44 heavy (non-hydrogen) atoms. The number of piperidine rings is 1. The lowest BCUT2D eigenvalue weighted by Gasteiger charge is -2.49. The summed E-state index contributed by atoms with van der Waals surface area (Å²) in [6.07, 6.45) is -0.814. The monoisotopic (exact) mass is 646 g/mol. The number of likely N-dealkylation sites (tertiary alicyclic amines) is 1. The van der Waals surface area contributed by atoms with E-state index in [0.717, 1.165) is 45.6 Å². The summed E-state index contributed by atoms with van der Waals surface area (Å²) in [7, 11) is 0. The smallest absolute Gasteiger partial charge is 0.371 e. The second-order valence-corrected chi connectivity index (χ2v) is 13.2. The summed E-state index contributed by atoms with van der Waals surface area (Å²) < 4.78 is 39.1. The Morgan fingerprint density at radius 1 is 1.05 bits per heavy atom. The standard InChI is InChI=1S/C31H34ClF3N6O2S/c1-18-14-41(30-24(32)11-21(12-36-30)38-27-26(28(42)29(27)43)37-17-31(33,34)35)19(2)13-40(18)22-7-9-39(10-8-22)15-20-16-44-25-6-4-3-5-23(20)25/h3-6,11-12,16,18-19,22,37-38H,7-10,13-15,17H2,1-2H3/t18-,19+/m1/s1. The SMILES string of the molecule is C[C@@H]1CN(c2ncc(Nc3c(NCC(F)(F)F)c(=O)c3=O)cc2Cl)[C@@H](C)CN1C1CCN(Cc2csc3ccccc23)CC1. The number of rotatable bonds is 8. The maximum Gasteiger partial charge on any atom is 0.405 e. The van der Waals surface area contributed by atoms with E-state index in [2.05, 4.69) is 68.5 Å². The highest BCUT2D eigenvalue weighted by molar-refractivity contribution is 7.17. The Morgan fingerprint density at radius 2 is 1.77 bits per heavy atom. The summed E-state index contributed by atoms with van der Waals surface area (Å²) in [5.74, 6) is 0.606. The zero-order chi connectivity index (χ0) is 31.2. The molecule has 4 aromatic rings. The lowest BCUT2D eigenvalue weighted by Crippen LogP contribution is -2.61. The van der Waals surface area contributed by atoms with Crippen molar-refractivity contribution < 1.29 is 13.2 Å². The first kappa shape index (κ1) is 30.8. The third kappa shape index (κ3) is 6.30. The summed E-state index contributed by atoms with van der Waals surface area (Å²) in [6.45, 7) is 7.70. The molecule has 2 aromatic heterocycles. The number of anilines is 4. The van der Waals surface area contributed by atoms with Crippen LogP contribution in [0.5, 0.6) is 0 Å². The molecule has 2 N–H and O–H groups in total. The molecule has 6 rings (SSSR count). The zero-order valence-electron chi connectivity index (χ0n) is 24.5. The van der Waals surface area contributed by atoms with E-state index in [4.69, 9.17) is 11.6 Å². The Hall–Kier alpha value is -3.19. The summed E-state index contributed by atoms with van der Waals surface area (Å²) in [5, 5.41) is 8.72. The van der Waals surface area contributed by atoms with Crippen LogP contribution in [0, 0.1) is 0 Å². The molecule has 0 bridgehead atoms. The van der Waals surface area contributed by atoms with Crippen LogP contribution in [-0.4, -0.2) is 71.8 Å². The number of alkyl halides is 3. The van der Waals surface area contributed by atoms with Gasteiger partial charge in [0, 0.05) is 42.5 Å². The second kappa shape index (κ2) is 12.3. The summed E-state index contributed by atoms with van der Waals surface area (Å²) in [4.78, 5) is 35.7. The van der Waals surface area contributed by atoms with E-state index in [0.29, 0.717) is 22.6 Å². The molecule has 2 fully saturated rings. The molecule has 0 spiro atoms. The van der Waals surface area contributed by atoms with Gasteiger partial charge in [-0.2, -0.15) is 13.2 Å². The van der Waals surface area contributed by atoms with E-state index in [-0.39, 0.29) is 17.8 Å². The number of fused-ring (bicyclic) bond motifs is 1. The summed E-state index contributed by atoms with van der Waals surface area (Å²) in [6, 6.07) is 11.1. The molecule has 0 unspecified atom stereocenters. The van der Waals surface area contributed by atoms with Gasteiger partial charge in [-0.25, -0.2) is 4.98 Å². The molecule has 8 nitrogen and oxygen atoms in total. The first-order valence-corrected chi connectivity index (χ1v) is 16.0. The average molecular weight is 647 g/mol. The number of hydrogen-bond donors (Lipinski definition) is 2. The van der Waals surface area contributed by atoms with Crippen LogP contribution >= 0.6 is 22.9 Å². The number of benzene rings is 1. The number of hydrogen-bond acceptors (Lipinski definition) is 9. The van der Waals surface area contributed by atoms with Crippen molar-refractivity contribution in [2.45, 2.75) is 57.5 Å². The van der Waals surface area contributed by atoms with E-state index >= 15 is 0 Å². The maximum absolute atomic E-state index is 12.6. The van der Waals surface area contributed by atoms with Crippen LogP contribution in [0.15, 0.2) is 51.5 Å². The maximum atomic E-state index is 12.6. The van der Waals surface area contributed by atoms with E-state index < -0.39 is 29.3 Å². The highest BCUT2D eigenvalue weighted by atomic mass is 35.5. The van der Waals surface area contributed by atoms with Gasteiger partial charge in [0.05, 0.1) is 16.9 Å². The van der Waals surface area contributed by atoms with Crippen molar-refractivity contribution >= 4 is 55.9 Å². The molecule has 4 heterocycles. The highest BCUT2D eigenvalue weighted by Crippen LogP contribution is 2.34. The lowest BCUT2D eigenvalue weighted by atomic mass is 9.97. The quantitative estimate of drug-likeness (QED) is 0.232. The molecule has 234 valence electrons.